The number of benzene rings is 1. The Bertz CT molecular complexity index is 641. The van der Waals surface area contributed by atoms with E-state index in [2.05, 4.69) is 41.4 Å². The number of hydrogen-bond acceptors (Lipinski definition) is 6. The Morgan fingerprint density at radius 1 is 1.38 bits per heavy atom. The summed E-state index contributed by atoms with van der Waals surface area (Å²) in [4.78, 5) is 17.2. The predicted molar refractivity (Wildman–Crippen MR) is 85.1 cm³/mol. The summed E-state index contributed by atoms with van der Waals surface area (Å²) in [6, 6.07) is 6.23. The minimum Gasteiger partial charge on any atom is -0.464 e. The first-order valence-electron chi connectivity index (χ1n) is 6.37. The third kappa shape index (κ3) is 4.44. The van der Waals surface area contributed by atoms with Crippen molar-refractivity contribution in [3.63, 3.8) is 0 Å². The van der Waals surface area contributed by atoms with Crippen LogP contribution in [-0.4, -0.2) is 33.6 Å². The lowest BCUT2D eigenvalue weighted by molar-refractivity contribution is 0.241. The van der Waals surface area contributed by atoms with Crippen LogP contribution in [0.1, 0.15) is 16.7 Å². The minimum absolute atomic E-state index is 0.103. The molecule has 1 aromatic carbocycles. The number of thioether (sulfide) groups is 1. The van der Waals surface area contributed by atoms with Crippen LogP contribution in [0.5, 0.6) is 5.19 Å². The number of hydrogen-bond donors (Lipinski definition) is 0. The molecule has 5 nitrogen and oxygen atoms in total. The maximum Gasteiger partial charge on any atom is 0.294 e. The van der Waals surface area contributed by atoms with E-state index in [0.29, 0.717) is 17.0 Å². The molecular formula is C14H17N3O2S2. The fourth-order valence-electron chi connectivity index (χ4n) is 1.61. The van der Waals surface area contributed by atoms with E-state index in [9.17, 15) is 4.79 Å². The number of nitrogens with zero attached hydrogens (tertiary/aromatic N) is 3. The van der Waals surface area contributed by atoms with Gasteiger partial charge >= 0.3 is 0 Å². The average molecular weight is 323 g/mol. The van der Waals surface area contributed by atoms with Crippen molar-refractivity contribution < 1.29 is 9.53 Å². The van der Waals surface area contributed by atoms with E-state index in [1.54, 1.807) is 14.1 Å². The van der Waals surface area contributed by atoms with Crippen molar-refractivity contribution in [2.75, 3.05) is 14.1 Å². The van der Waals surface area contributed by atoms with Crippen LogP contribution in [0.25, 0.3) is 0 Å². The summed E-state index contributed by atoms with van der Waals surface area (Å²) in [5.41, 5.74) is 3.54. The van der Waals surface area contributed by atoms with E-state index in [4.69, 9.17) is 4.74 Å². The van der Waals surface area contributed by atoms with Gasteiger partial charge in [0.25, 0.3) is 10.4 Å². The molecule has 21 heavy (non-hydrogen) atoms. The topological polar surface area (TPSA) is 55.3 Å². The van der Waals surface area contributed by atoms with Gasteiger partial charge in [-0.25, -0.2) is 0 Å². The molecule has 2 aromatic rings. The van der Waals surface area contributed by atoms with Gasteiger partial charge in [-0.05, 0) is 25.0 Å². The van der Waals surface area contributed by atoms with Crippen molar-refractivity contribution >= 4 is 28.5 Å². The molecule has 0 N–H and O–H groups in total. The molecule has 0 radical (unpaired) electrons. The van der Waals surface area contributed by atoms with E-state index in [1.165, 1.54) is 16.0 Å². The van der Waals surface area contributed by atoms with Crippen LogP contribution < -0.4 is 4.74 Å². The summed E-state index contributed by atoms with van der Waals surface area (Å²) < 4.78 is 9.75. The van der Waals surface area contributed by atoms with Gasteiger partial charge in [-0.3, -0.25) is 4.79 Å². The number of ether oxygens (including phenoxy) is 1. The third-order valence-electron chi connectivity index (χ3n) is 2.78. The van der Waals surface area contributed by atoms with E-state index < -0.39 is 0 Å². The minimum atomic E-state index is -0.103. The van der Waals surface area contributed by atoms with Crippen molar-refractivity contribution in [2.24, 2.45) is 0 Å². The van der Waals surface area contributed by atoms with Crippen LogP contribution in [-0.2, 0) is 6.61 Å². The standard InChI is InChI=1S/C14H17N3O2S2/c1-9-5-6-11(10(2)7-9)8-19-13-15-12(16-21-13)20-14(18)17(3)4/h5-7H,8H2,1-4H3. The van der Waals surface area contributed by atoms with Crippen molar-refractivity contribution in [3.05, 3.63) is 34.9 Å². The molecule has 7 heteroatoms. The summed E-state index contributed by atoms with van der Waals surface area (Å²) in [6.45, 7) is 4.57. The Hall–Kier alpha value is -1.60. The lowest BCUT2D eigenvalue weighted by Gasteiger charge is -2.07. The lowest BCUT2D eigenvalue weighted by atomic mass is 10.1. The third-order valence-corrected chi connectivity index (χ3v) is 4.43. The second-order valence-electron chi connectivity index (χ2n) is 4.82. The van der Waals surface area contributed by atoms with Crippen LogP contribution in [0, 0.1) is 13.8 Å². The molecule has 0 fully saturated rings. The molecule has 0 saturated heterocycles. The van der Waals surface area contributed by atoms with Gasteiger partial charge in [0.1, 0.15) is 6.61 Å². The Morgan fingerprint density at radius 3 is 2.81 bits per heavy atom. The van der Waals surface area contributed by atoms with E-state index >= 15 is 0 Å². The molecule has 0 atom stereocenters. The Morgan fingerprint density at radius 2 is 2.14 bits per heavy atom. The highest BCUT2D eigenvalue weighted by molar-refractivity contribution is 8.13. The first kappa shape index (κ1) is 15.8. The van der Waals surface area contributed by atoms with Gasteiger partial charge in [-0.1, -0.05) is 23.8 Å². The number of carbonyl (C=O) groups excluding carboxylic acids is 1. The molecule has 0 aliphatic carbocycles. The molecule has 0 bridgehead atoms. The lowest BCUT2D eigenvalue weighted by Crippen LogP contribution is -2.16. The van der Waals surface area contributed by atoms with Gasteiger partial charge in [0.05, 0.1) is 0 Å². The number of aromatic nitrogens is 2. The fourth-order valence-corrected chi connectivity index (χ4v) is 2.84. The van der Waals surface area contributed by atoms with Crippen LogP contribution in [0.2, 0.25) is 0 Å². The molecule has 0 spiro atoms. The molecule has 0 unspecified atom stereocenters. The largest absolute Gasteiger partial charge is 0.464 e. The highest BCUT2D eigenvalue weighted by atomic mass is 32.2. The molecule has 2 rings (SSSR count). The molecule has 1 heterocycles. The summed E-state index contributed by atoms with van der Waals surface area (Å²) in [7, 11) is 3.39. The Kier molecular flexibility index (Phi) is 5.19. The zero-order valence-electron chi connectivity index (χ0n) is 12.4. The summed E-state index contributed by atoms with van der Waals surface area (Å²) in [5.74, 6) is 0. The fraction of sp³-hybridized carbons (Fsp3) is 0.357. The molecular weight excluding hydrogens is 306 g/mol. The van der Waals surface area contributed by atoms with Gasteiger partial charge in [-0.2, -0.15) is 9.36 Å². The highest BCUT2D eigenvalue weighted by Gasteiger charge is 2.13. The van der Waals surface area contributed by atoms with E-state index in [1.807, 2.05) is 0 Å². The van der Waals surface area contributed by atoms with E-state index in [-0.39, 0.29) is 5.24 Å². The number of amides is 1. The Labute approximate surface area is 132 Å². The van der Waals surface area contributed by atoms with Crippen LogP contribution in [0.4, 0.5) is 4.79 Å². The SMILES string of the molecule is Cc1ccc(COc2nc(SC(=O)N(C)C)ns2)c(C)c1. The normalized spacial score (nSPS) is 10.5. The van der Waals surface area contributed by atoms with Crippen molar-refractivity contribution in [1.82, 2.24) is 14.3 Å². The second-order valence-corrected chi connectivity index (χ2v) is 6.46. The predicted octanol–water partition coefficient (Wildman–Crippen LogP) is 3.51. The number of rotatable bonds is 4. The van der Waals surface area contributed by atoms with Gasteiger partial charge in [0.15, 0.2) is 0 Å². The van der Waals surface area contributed by atoms with Crippen LogP contribution in [0.3, 0.4) is 0 Å². The van der Waals surface area contributed by atoms with Crippen LogP contribution in [0.15, 0.2) is 23.4 Å². The highest BCUT2D eigenvalue weighted by Crippen LogP contribution is 2.24. The van der Waals surface area contributed by atoms with Gasteiger partial charge in [0, 0.05) is 37.4 Å². The summed E-state index contributed by atoms with van der Waals surface area (Å²) in [5, 5.41) is 0.798. The zero-order valence-corrected chi connectivity index (χ0v) is 14.0. The average Bonchev–Trinajstić information content (AvgIpc) is 2.85. The van der Waals surface area contributed by atoms with E-state index in [0.717, 1.165) is 28.9 Å². The first-order valence-corrected chi connectivity index (χ1v) is 7.96. The zero-order chi connectivity index (χ0) is 15.4. The van der Waals surface area contributed by atoms with Gasteiger partial charge < -0.3 is 9.64 Å². The number of carbonyl (C=O) groups is 1. The molecule has 0 saturated carbocycles. The first-order chi connectivity index (χ1) is 9.95. The smallest absolute Gasteiger partial charge is 0.294 e. The van der Waals surface area contributed by atoms with Crippen molar-refractivity contribution in [3.8, 4) is 5.19 Å². The molecule has 0 aliphatic rings. The van der Waals surface area contributed by atoms with Gasteiger partial charge in [0.2, 0.25) is 5.16 Å². The second kappa shape index (κ2) is 6.91. The maximum absolute atomic E-state index is 11.6. The summed E-state index contributed by atoms with van der Waals surface area (Å²) in [6.07, 6.45) is 0. The Balaban J connectivity index is 1.95. The quantitative estimate of drug-likeness (QED) is 0.806. The molecule has 1 amide bonds. The van der Waals surface area contributed by atoms with Crippen molar-refractivity contribution in [2.45, 2.75) is 25.6 Å². The van der Waals surface area contributed by atoms with Gasteiger partial charge in [-0.15, -0.1) is 0 Å². The molecule has 1 aromatic heterocycles. The molecule has 112 valence electrons. The monoisotopic (exact) mass is 323 g/mol. The van der Waals surface area contributed by atoms with Crippen molar-refractivity contribution in [1.29, 1.82) is 0 Å². The van der Waals surface area contributed by atoms with Crippen LogP contribution >= 0.6 is 23.3 Å². The maximum atomic E-state index is 11.6. The summed E-state index contributed by atoms with van der Waals surface area (Å²) >= 11 is 2.15. The number of aryl methyl sites for hydroxylation is 2. The molecule has 0 aliphatic heterocycles.